The molecular weight excluding hydrogens is 178 g/mol. The Bertz CT molecular complexity index is 225. The zero-order valence-electron chi connectivity index (χ0n) is 8.70. The minimum absolute atomic E-state index is 0.128. The van der Waals surface area contributed by atoms with Crippen LogP contribution in [0.4, 0.5) is 0 Å². The first-order chi connectivity index (χ1) is 6.66. The summed E-state index contributed by atoms with van der Waals surface area (Å²) in [6, 6.07) is 0.732. The monoisotopic (exact) mass is 197 g/mol. The zero-order valence-corrected chi connectivity index (χ0v) is 8.70. The minimum Gasteiger partial charge on any atom is -0.481 e. The molecular formula is C11H19NO2. The number of aliphatic carboxylic acids is 1. The van der Waals surface area contributed by atoms with Crippen molar-refractivity contribution < 1.29 is 9.90 Å². The lowest BCUT2D eigenvalue weighted by Gasteiger charge is -2.36. The van der Waals surface area contributed by atoms with Crippen molar-refractivity contribution in [2.24, 2.45) is 11.8 Å². The Morgan fingerprint density at radius 3 is 2.57 bits per heavy atom. The molecule has 0 aromatic rings. The molecule has 0 heterocycles. The van der Waals surface area contributed by atoms with Crippen LogP contribution in [0, 0.1) is 11.8 Å². The Hall–Kier alpha value is -0.570. The molecule has 3 atom stereocenters. The van der Waals surface area contributed by atoms with Crippen molar-refractivity contribution in [3.8, 4) is 0 Å². The highest BCUT2D eigenvalue weighted by atomic mass is 16.4. The molecule has 2 rings (SSSR count). The van der Waals surface area contributed by atoms with Gasteiger partial charge in [0.1, 0.15) is 0 Å². The van der Waals surface area contributed by atoms with Crippen molar-refractivity contribution in [1.82, 2.24) is 5.32 Å². The van der Waals surface area contributed by atoms with Gasteiger partial charge in [-0.15, -0.1) is 0 Å². The van der Waals surface area contributed by atoms with E-state index >= 15 is 0 Å². The van der Waals surface area contributed by atoms with Gasteiger partial charge in [-0.25, -0.2) is 0 Å². The van der Waals surface area contributed by atoms with Crippen LogP contribution in [0.1, 0.15) is 39.0 Å². The maximum Gasteiger partial charge on any atom is 0.308 e. The molecule has 0 aliphatic heterocycles. The Kier molecular flexibility index (Phi) is 2.77. The number of carbonyl (C=O) groups is 1. The van der Waals surface area contributed by atoms with Gasteiger partial charge in [0.15, 0.2) is 0 Å². The van der Waals surface area contributed by atoms with Gasteiger partial charge in [-0.3, -0.25) is 4.79 Å². The van der Waals surface area contributed by atoms with Gasteiger partial charge >= 0.3 is 5.97 Å². The number of carboxylic acid groups (broad SMARTS) is 1. The second-order valence-corrected chi connectivity index (χ2v) is 4.88. The van der Waals surface area contributed by atoms with Gasteiger partial charge in [-0.1, -0.05) is 12.8 Å². The summed E-state index contributed by atoms with van der Waals surface area (Å²) in [4.78, 5) is 10.8. The number of rotatable bonds is 5. The molecule has 2 aliphatic rings. The molecule has 14 heavy (non-hydrogen) atoms. The van der Waals surface area contributed by atoms with E-state index in [-0.39, 0.29) is 12.0 Å². The van der Waals surface area contributed by atoms with E-state index in [1.165, 1.54) is 19.3 Å². The second kappa shape index (κ2) is 3.89. The Balaban J connectivity index is 1.70. The van der Waals surface area contributed by atoms with E-state index < -0.39 is 5.97 Å². The lowest BCUT2D eigenvalue weighted by atomic mass is 9.79. The first kappa shape index (κ1) is 9.97. The summed E-state index contributed by atoms with van der Waals surface area (Å²) in [7, 11) is 0. The molecule has 0 radical (unpaired) electrons. The summed E-state index contributed by atoms with van der Waals surface area (Å²) >= 11 is 0. The summed E-state index contributed by atoms with van der Waals surface area (Å²) in [6.07, 6.45) is 5.86. The standard InChI is InChI=1S/C11H19NO2/c1-7(6-8-2-3-8)12-10-5-4-9(10)11(13)14/h7-10,12H,2-6H2,1H3,(H,13,14). The SMILES string of the molecule is CC(CC1CC1)NC1CCC1C(=O)O. The topological polar surface area (TPSA) is 49.3 Å². The fourth-order valence-electron chi connectivity index (χ4n) is 2.28. The number of hydrogen-bond acceptors (Lipinski definition) is 2. The van der Waals surface area contributed by atoms with Crippen LogP contribution in [0.2, 0.25) is 0 Å². The van der Waals surface area contributed by atoms with Crippen molar-refractivity contribution in [3.05, 3.63) is 0 Å². The minimum atomic E-state index is -0.632. The molecule has 3 heteroatoms. The van der Waals surface area contributed by atoms with E-state index in [2.05, 4.69) is 12.2 Å². The highest BCUT2D eigenvalue weighted by Gasteiger charge is 2.37. The molecule has 0 aromatic heterocycles. The van der Waals surface area contributed by atoms with Crippen LogP contribution in [-0.4, -0.2) is 23.2 Å². The van der Waals surface area contributed by atoms with Gasteiger partial charge in [0.05, 0.1) is 5.92 Å². The Labute approximate surface area is 84.9 Å². The smallest absolute Gasteiger partial charge is 0.308 e. The summed E-state index contributed by atoms with van der Waals surface area (Å²) in [5.74, 6) is 0.157. The summed E-state index contributed by atoms with van der Waals surface area (Å²) in [5.41, 5.74) is 0. The predicted octanol–water partition coefficient (Wildman–Crippen LogP) is 1.63. The third kappa shape index (κ3) is 2.27. The molecule has 0 amide bonds. The van der Waals surface area contributed by atoms with Crippen LogP contribution in [0.3, 0.4) is 0 Å². The third-order valence-corrected chi connectivity index (χ3v) is 3.47. The van der Waals surface area contributed by atoms with Crippen LogP contribution in [0.5, 0.6) is 0 Å². The molecule has 2 aliphatic carbocycles. The first-order valence-corrected chi connectivity index (χ1v) is 5.65. The van der Waals surface area contributed by atoms with Crippen molar-refractivity contribution >= 4 is 5.97 Å². The fraction of sp³-hybridized carbons (Fsp3) is 0.909. The van der Waals surface area contributed by atoms with Gasteiger partial charge in [0, 0.05) is 12.1 Å². The van der Waals surface area contributed by atoms with Crippen LogP contribution in [-0.2, 0) is 4.79 Å². The maximum atomic E-state index is 10.8. The van der Waals surface area contributed by atoms with Crippen LogP contribution < -0.4 is 5.32 Å². The highest BCUT2D eigenvalue weighted by Crippen LogP contribution is 2.34. The molecule has 2 fully saturated rings. The average Bonchev–Trinajstić information content (AvgIpc) is 2.80. The van der Waals surface area contributed by atoms with Gasteiger partial charge in [-0.2, -0.15) is 0 Å². The van der Waals surface area contributed by atoms with Crippen molar-refractivity contribution in [2.45, 2.75) is 51.1 Å². The Morgan fingerprint density at radius 2 is 2.14 bits per heavy atom. The lowest BCUT2D eigenvalue weighted by molar-refractivity contribution is -0.146. The van der Waals surface area contributed by atoms with Gasteiger partial charge < -0.3 is 10.4 Å². The second-order valence-electron chi connectivity index (χ2n) is 4.88. The third-order valence-electron chi connectivity index (χ3n) is 3.47. The van der Waals surface area contributed by atoms with Crippen molar-refractivity contribution in [1.29, 1.82) is 0 Å². The molecule has 0 saturated heterocycles. The van der Waals surface area contributed by atoms with E-state index in [1.54, 1.807) is 0 Å². The predicted molar refractivity (Wildman–Crippen MR) is 54.1 cm³/mol. The first-order valence-electron chi connectivity index (χ1n) is 5.65. The number of carboxylic acids is 1. The largest absolute Gasteiger partial charge is 0.481 e. The fourth-order valence-corrected chi connectivity index (χ4v) is 2.28. The average molecular weight is 197 g/mol. The van der Waals surface area contributed by atoms with Crippen LogP contribution >= 0.6 is 0 Å². The quantitative estimate of drug-likeness (QED) is 0.704. The number of nitrogens with one attached hydrogen (secondary N) is 1. The molecule has 3 unspecified atom stereocenters. The Morgan fingerprint density at radius 1 is 1.43 bits per heavy atom. The molecule has 80 valence electrons. The summed E-state index contributed by atoms with van der Waals surface area (Å²) in [6.45, 7) is 2.18. The highest BCUT2D eigenvalue weighted by molar-refractivity contribution is 5.72. The molecule has 3 nitrogen and oxygen atoms in total. The van der Waals surface area contributed by atoms with Crippen LogP contribution in [0.25, 0.3) is 0 Å². The van der Waals surface area contributed by atoms with Gasteiger partial charge in [-0.05, 0) is 32.1 Å². The van der Waals surface area contributed by atoms with Crippen molar-refractivity contribution in [2.75, 3.05) is 0 Å². The maximum absolute atomic E-state index is 10.8. The number of hydrogen-bond donors (Lipinski definition) is 2. The van der Waals surface area contributed by atoms with Crippen LogP contribution in [0.15, 0.2) is 0 Å². The zero-order chi connectivity index (χ0) is 10.1. The van der Waals surface area contributed by atoms with E-state index in [0.717, 1.165) is 18.8 Å². The van der Waals surface area contributed by atoms with E-state index in [9.17, 15) is 4.79 Å². The van der Waals surface area contributed by atoms with E-state index in [1.807, 2.05) is 0 Å². The molecule has 2 saturated carbocycles. The van der Waals surface area contributed by atoms with Crippen molar-refractivity contribution in [3.63, 3.8) is 0 Å². The van der Waals surface area contributed by atoms with Gasteiger partial charge in [0.2, 0.25) is 0 Å². The molecule has 0 spiro atoms. The van der Waals surface area contributed by atoms with Gasteiger partial charge in [0.25, 0.3) is 0 Å². The van der Waals surface area contributed by atoms with E-state index in [4.69, 9.17) is 5.11 Å². The molecule has 0 aromatic carbocycles. The molecule has 0 bridgehead atoms. The lowest BCUT2D eigenvalue weighted by Crippen LogP contribution is -2.50. The van der Waals surface area contributed by atoms with E-state index in [0.29, 0.717) is 6.04 Å². The summed E-state index contributed by atoms with van der Waals surface area (Å²) in [5, 5.41) is 12.3. The normalized spacial score (nSPS) is 33.5. The molecule has 2 N–H and O–H groups in total. The summed E-state index contributed by atoms with van der Waals surface area (Å²) < 4.78 is 0.